The second-order valence-electron chi connectivity index (χ2n) is 5.89. The summed E-state index contributed by atoms with van der Waals surface area (Å²) in [7, 11) is 1.72. The zero-order chi connectivity index (χ0) is 18.5. The van der Waals surface area contributed by atoms with Crippen LogP contribution in [0.4, 0.5) is 11.4 Å². The summed E-state index contributed by atoms with van der Waals surface area (Å²) < 4.78 is 5.31. The number of hydrogen-bond acceptors (Lipinski definition) is 4. The first-order valence-electron chi connectivity index (χ1n) is 8.36. The summed E-state index contributed by atoms with van der Waals surface area (Å²) in [6.07, 6.45) is -0.918. The van der Waals surface area contributed by atoms with Gasteiger partial charge in [0.25, 0.3) is 5.91 Å². The SMILES string of the molecule is CNc1ccccc1C(=O)O[C@@H](C)C(=O)Nc1ccc2ccccc2c1. The Kier molecular flexibility index (Phi) is 5.17. The zero-order valence-electron chi connectivity index (χ0n) is 14.7. The van der Waals surface area contributed by atoms with Crippen molar-refractivity contribution in [2.45, 2.75) is 13.0 Å². The van der Waals surface area contributed by atoms with Crippen LogP contribution in [-0.2, 0) is 9.53 Å². The maximum Gasteiger partial charge on any atom is 0.341 e. The molecule has 5 heteroatoms. The largest absolute Gasteiger partial charge is 0.449 e. The molecule has 3 aromatic carbocycles. The molecular formula is C21H20N2O3. The fourth-order valence-corrected chi connectivity index (χ4v) is 2.67. The molecule has 1 amide bonds. The van der Waals surface area contributed by atoms with Crippen LogP contribution >= 0.6 is 0 Å². The smallest absolute Gasteiger partial charge is 0.341 e. The molecule has 0 unspecified atom stereocenters. The molecule has 3 rings (SSSR count). The van der Waals surface area contributed by atoms with Crippen molar-refractivity contribution in [2.24, 2.45) is 0 Å². The monoisotopic (exact) mass is 348 g/mol. The molecule has 2 N–H and O–H groups in total. The van der Waals surface area contributed by atoms with Crippen molar-refractivity contribution in [1.29, 1.82) is 0 Å². The molecule has 0 saturated carbocycles. The van der Waals surface area contributed by atoms with Gasteiger partial charge in [-0.15, -0.1) is 0 Å². The molecule has 5 nitrogen and oxygen atoms in total. The van der Waals surface area contributed by atoms with Gasteiger partial charge in [-0.1, -0.05) is 42.5 Å². The Balaban J connectivity index is 1.68. The fourth-order valence-electron chi connectivity index (χ4n) is 2.67. The van der Waals surface area contributed by atoms with E-state index in [1.54, 1.807) is 32.2 Å². The number of rotatable bonds is 5. The molecule has 0 fully saturated rings. The van der Waals surface area contributed by atoms with E-state index < -0.39 is 12.1 Å². The van der Waals surface area contributed by atoms with Crippen LogP contribution in [0.2, 0.25) is 0 Å². The van der Waals surface area contributed by atoms with E-state index in [1.165, 1.54) is 0 Å². The van der Waals surface area contributed by atoms with E-state index in [2.05, 4.69) is 10.6 Å². The molecule has 26 heavy (non-hydrogen) atoms. The van der Waals surface area contributed by atoms with Crippen molar-refractivity contribution in [2.75, 3.05) is 17.7 Å². The second-order valence-corrected chi connectivity index (χ2v) is 5.89. The van der Waals surface area contributed by atoms with Crippen molar-refractivity contribution < 1.29 is 14.3 Å². The minimum Gasteiger partial charge on any atom is -0.449 e. The maximum absolute atomic E-state index is 12.4. The van der Waals surface area contributed by atoms with Crippen LogP contribution in [-0.4, -0.2) is 25.0 Å². The van der Waals surface area contributed by atoms with Gasteiger partial charge in [-0.05, 0) is 42.0 Å². The molecule has 1 atom stereocenters. The van der Waals surface area contributed by atoms with Gasteiger partial charge >= 0.3 is 5.97 Å². The molecule has 0 radical (unpaired) electrons. The molecule has 0 spiro atoms. The van der Waals surface area contributed by atoms with Crippen LogP contribution < -0.4 is 10.6 Å². The van der Waals surface area contributed by atoms with Crippen LogP contribution in [0, 0.1) is 0 Å². The number of carbonyl (C=O) groups excluding carboxylic acids is 2. The van der Waals surface area contributed by atoms with Crippen molar-refractivity contribution >= 4 is 34.0 Å². The quantitative estimate of drug-likeness (QED) is 0.682. The van der Waals surface area contributed by atoms with E-state index in [0.29, 0.717) is 16.9 Å². The third kappa shape index (κ3) is 3.83. The number of ether oxygens (including phenoxy) is 1. The molecular weight excluding hydrogens is 328 g/mol. The Bertz CT molecular complexity index is 953. The van der Waals surface area contributed by atoms with Crippen molar-refractivity contribution in [1.82, 2.24) is 0 Å². The lowest BCUT2D eigenvalue weighted by Gasteiger charge is -2.15. The van der Waals surface area contributed by atoms with Gasteiger partial charge in [0.15, 0.2) is 6.10 Å². The second kappa shape index (κ2) is 7.70. The summed E-state index contributed by atoms with van der Waals surface area (Å²) >= 11 is 0. The standard InChI is InChI=1S/C21H20N2O3/c1-14(26-21(25)18-9-5-6-10-19(18)22-2)20(24)23-17-12-11-15-7-3-4-8-16(15)13-17/h3-14,22H,1-2H3,(H,23,24)/t14-/m0/s1. The van der Waals surface area contributed by atoms with E-state index in [-0.39, 0.29) is 5.91 Å². The van der Waals surface area contributed by atoms with Crippen molar-refractivity contribution in [3.05, 3.63) is 72.3 Å². The van der Waals surface area contributed by atoms with Crippen molar-refractivity contribution in [3.63, 3.8) is 0 Å². The average Bonchev–Trinajstić information content (AvgIpc) is 2.67. The summed E-state index contributed by atoms with van der Waals surface area (Å²) in [4.78, 5) is 24.7. The van der Waals surface area contributed by atoms with Crippen LogP contribution in [0.5, 0.6) is 0 Å². The van der Waals surface area contributed by atoms with Crippen LogP contribution in [0.15, 0.2) is 66.7 Å². The Morgan fingerprint density at radius 1 is 0.923 bits per heavy atom. The predicted octanol–water partition coefficient (Wildman–Crippen LogP) is 4.07. The predicted molar refractivity (Wildman–Crippen MR) is 103 cm³/mol. The highest BCUT2D eigenvalue weighted by Gasteiger charge is 2.20. The molecule has 0 bridgehead atoms. The zero-order valence-corrected chi connectivity index (χ0v) is 14.7. The lowest BCUT2D eigenvalue weighted by Crippen LogP contribution is -2.30. The van der Waals surface area contributed by atoms with E-state index in [4.69, 9.17) is 4.74 Å². The van der Waals surface area contributed by atoms with E-state index in [9.17, 15) is 9.59 Å². The van der Waals surface area contributed by atoms with E-state index in [1.807, 2.05) is 48.5 Å². The number of amides is 1. The molecule has 0 aliphatic carbocycles. The molecule has 0 saturated heterocycles. The van der Waals surface area contributed by atoms with Gasteiger partial charge in [0.05, 0.1) is 5.56 Å². The van der Waals surface area contributed by atoms with Gasteiger partial charge in [-0.25, -0.2) is 4.79 Å². The van der Waals surface area contributed by atoms with Crippen LogP contribution in [0.3, 0.4) is 0 Å². The summed E-state index contributed by atoms with van der Waals surface area (Å²) in [6, 6.07) is 20.5. The number of benzene rings is 3. The highest BCUT2D eigenvalue weighted by atomic mass is 16.5. The minimum absolute atomic E-state index is 0.379. The van der Waals surface area contributed by atoms with Gasteiger partial charge in [0.1, 0.15) is 0 Å². The summed E-state index contributed by atoms with van der Waals surface area (Å²) in [5.41, 5.74) is 1.70. The number of hydrogen-bond donors (Lipinski definition) is 2. The number of esters is 1. The number of nitrogens with one attached hydrogen (secondary N) is 2. The summed E-state index contributed by atoms with van der Waals surface area (Å²) in [6.45, 7) is 1.55. The first-order chi connectivity index (χ1) is 12.6. The topological polar surface area (TPSA) is 67.4 Å². The van der Waals surface area contributed by atoms with E-state index >= 15 is 0 Å². The molecule has 0 aliphatic rings. The Morgan fingerprint density at radius 3 is 2.38 bits per heavy atom. The lowest BCUT2D eigenvalue weighted by atomic mass is 10.1. The third-order valence-corrected chi connectivity index (χ3v) is 4.09. The van der Waals surface area contributed by atoms with Gasteiger partial charge in [0.2, 0.25) is 0 Å². The third-order valence-electron chi connectivity index (χ3n) is 4.09. The molecule has 3 aromatic rings. The molecule has 0 aliphatic heterocycles. The van der Waals surface area contributed by atoms with Crippen LogP contribution in [0.25, 0.3) is 10.8 Å². The van der Waals surface area contributed by atoms with Gasteiger partial charge in [-0.3, -0.25) is 4.79 Å². The number of para-hydroxylation sites is 1. The number of carbonyl (C=O) groups is 2. The first kappa shape index (κ1) is 17.5. The Morgan fingerprint density at radius 2 is 1.62 bits per heavy atom. The molecule has 0 heterocycles. The minimum atomic E-state index is -0.918. The van der Waals surface area contributed by atoms with Gasteiger partial charge < -0.3 is 15.4 Å². The normalized spacial score (nSPS) is 11.6. The summed E-state index contributed by atoms with van der Waals surface area (Å²) in [5, 5.41) is 7.84. The number of fused-ring (bicyclic) bond motifs is 1. The Hall–Kier alpha value is -3.34. The fraction of sp³-hybridized carbons (Fsp3) is 0.143. The summed E-state index contributed by atoms with van der Waals surface area (Å²) in [5.74, 6) is -0.924. The maximum atomic E-state index is 12.4. The van der Waals surface area contributed by atoms with Crippen molar-refractivity contribution in [3.8, 4) is 0 Å². The first-order valence-corrected chi connectivity index (χ1v) is 8.36. The molecule has 132 valence electrons. The van der Waals surface area contributed by atoms with Crippen LogP contribution in [0.1, 0.15) is 17.3 Å². The molecule has 0 aromatic heterocycles. The van der Waals surface area contributed by atoms with Gasteiger partial charge in [0, 0.05) is 18.4 Å². The highest BCUT2D eigenvalue weighted by Crippen LogP contribution is 2.20. The average molecular weight is 348 g/mol. The number of anilines is 2. The highest BCUT2D eigenvalue weighted by molar-refractivity contribution is 6.00. The lowest BCUT2D eigenvalue weighted by molar-refractivity contribution is -0.123. The Labute approximate surface area is 152 Å². The van der Waals surface area contributed by atoms with E-state index in [0.717, 1.165) is 10.8 Å². The van der Waals surface area contributed by atoms with Gasteiger partial charge in [-0.2, -0.15) is 0 Å².